The summed E-state index contributed by atoms with van der Waals surface area (Å²) in [6.07, 6.45) is 6.53. The van der Waals surface area contributed by atoms with E-state index in [-0.39, 0.29) is 5.82 Å². The second-order valence-electron chi connectivity index (χ2n) is 4.64. The van der Waals surface area contributed by atoms with Crippen molar-refractivity contribution in [2.24, 2.45) is 0 Å². The van der Waals surface area contributed by atoms with Gasteiger partial charge in [0.1, 0.15) is 11.6 Å². The average Bonchev–Trinajstić information content (AvgIpc) is 2.45. The van der Waals surface area contributed by atoms with Crippen LogP contribution in [0.2, 0.25) is 0 Å². The van der Waals surface area contributed by atoms with Crippen LogP contribution in [0.15, 0.2) is 18.2 Å². The summed E-state index contributed by atoms with van der Waals surface area (Å²) in [5.41, 5.74) is 0.601. The van der Waals surface area contributed by atoms with Crippen LogP contribution in [-0.2, 0) is 0 Å². The van der Waals surface area contributed by atoms with Crippen LogP contribution >= 0.6 is 11.6 Å². The maximum atomic E-state index is 13.2. The van der Waals surface area contributed by atoms with Crippen molar-refractivity contribution in [2.45, 2.75) is 45.4 Å². The van der Waals surface area contributed by atoms with Gasteiger partial charge >= 0.3 is 0 Å². The van der Waals surface area contributed by atoms with Crippen LogP contribution in [0.1, 0.15) is 51.0 Å². The van der Waals surface area contributed by atoms with E-state index >= 15 is 0 Å². The molecule has 0 aliphatic rings. The number of rotatable bonds is 8. The van der Waals surface area contributed by atoms with Crippen molar-refractivity contribution in [1.29, 1.82) is 0 Å². The number of hydrogen-bond donors (Lipinski definition) is 0. The molecule has 1 aromatic rings. The van der Waals surface area contributed by atoms with E-state index in [1.54, 1.807) is 6.07 Å². The van der Waals surface area contributed by atoms with Crippen LogP contribution in [0.3, 0.4) is 0 Å². The molecule has 0 spiro atoms. The molecule has 0 atom stereocenters. The summed E-state index contributed by atoms with van der Waals surface area (Å²) in [6.45, 7) is 2.85. The largest absolute Gasteiger partial charge is 0.492 e. The van der Waals surface area contributed by atoms with E-state index in [1.807, 2.05) is 0 Å². The van der Waals surface area contributed by atoms with Gasteiger partial charge in [0.25, 0.3) is 0 Å². The lowest BCUT2D eigenvalue weighted by molar-refractivity contribution is 0.303. The van der Waals surface area contributed by atoms with Gasteiger partial charge in [-0.3, -0.25) is 0 Å². The second kappa shape index (κ2) is 10.6. The van der Waals surface area contributed by atoms with E-state index in [4.69, 9.17) is 16.3 Å². The molecule has 1 aromatic carbocycles. The van der Waals surface area contributed by atoms with E-state index in [0.717, 1.165) is 6.42 Å². The molecule has 0 amide bonds. The number of benzene rings is 1. The van der Waals surface area contributed by atoms with E-state index in [2.05, 4.69) is 18.8 Å². The zero-order chi connectivity index (χ0) is 14.6. The Kier molecular flexibility index (Phi) is 8.91. The lowest BCUT2D eigenvalue weighted by atomic mass is 10.1. The highest BCUT2D eigenvalue weighted by atomic mass is 35.5. The van der Waals surface area contributed by atoms with Crippen LogP contribution in [0.25, 0.3) is 0 Å². The molecule has 1 nitrogen and oxygen atoms in total. The van der Waals surface area contributed by atoms with Gasteiger partial charge < -0.3 is 4.74 Å². The van der Waals surface area contributed by atoms with Gasteiger partial charge in [-0.15, -0.1) is 11.6 Å². The fraction of sp³-hybridized carbons (Fsp3) is 0.529. The Hall–Kier alpha value is -1.20. The minimum atomic E-state index is -0.296. The SMILES string of the molecule is CCCCCCCOc1ccc(F)cc1C#CCCCl. The minimum absolute atomic E-state index is 0.296. The summed E-state index contributed by atoms with van der Waals surface area (Å²) in [4.78, 5) is 0. The molecule has 0 bridgehead atoms. The van der Waals surface area contributed by atoms with Crippen LogP contribution in [-0.4, -0.2) is 12.5 Å². The van der Waals surface area contributed by atoms with E-state index in [0.29, 0.717) is 30.2 Å². The van der Waals surface area contributed by atoms with Gasteiger partial charge in [-0.1, -0.05) is 44.4 Å². The normalized spacial score (nSPS) is 9.95. The molecule has 0 N–H and O–H groups in total. The predicted octanol–water partition coefficient (Wildman–Crippen LogP) is 5.16. The molecule has 0 aliphatic heterocycles. The van der Waals surface area contributed by atoms with Crippen LogP contribution < -0.4 is 4.74 Å². The number of ether oxygens (including phenoxy) is 1. The van der Waals surface area contributed by atoms with Gasteiger partial charge in [-0.25, -0.2) is 4.39 Å². The highest BCUT2D eigenvalue weighted by molar-refractivity contribution is 6.18. The van der Waals surface area contributed by atoms with Crippen LogP contribution in [0.4, 0.5) is 4.39 Å². The zero-order valence-electron chi connectivity index (χ0n) is 12.1. The van der Waals surface area contributed by atoms with Crippen LogP contribution in [0, 0.1) is 17.7 Å². The summed E-state index contributed by atoms with van der Waals surface area (Å²) in [6, 6.07) is 4.46. The highest BCUT2D eigenvalue weighted by Crippen LogP contribution is 2.19. The number of hydrogen-bond acceptors (Lipinski definition) is 1. The maximum absolute atomic E-state index is 13.2. The van der Waals surface area contributed by atoms with Crippen molar-refractivity contribution in [3.8, 4) is 17.6 Å². The van der Waals surface area contributed by atoms with Gasteiger partial charge in [-0.2, -0.15) is 0 Å². The Morgan fingerprint density at radius 3 is 2.75 bits per heavy atom. The number of alkyl halides is 1. The lowest BCUT2D eigenvalue weighted by Gasteiger charge is -2.08. The minimum Gasteiger partial charge on any atom is -0.492 e. The van der Waals surface area contributed by atoms with Crippen molar-refractivity contribution >= 4 is 11.6 Å². The number of halogens is 2. The average molecular weight is 297 g/mol. The summed E-state index contributed by atoms with van der Waals surface area (Å²) in [5.74, 6) is 6.67. The molecule has 0 fully saturated rings. The zero-order valence-corrected chi connectivity index (χ0v) is 12.8. The Bertz CT molecular complexity index is 448. The second-order valence-corrected chi connectivity index (χ2v) is 5.02. The van der Waals surface area contributed by atoms with Crippen molar-refractivity contribution in [3.05, 3.63) is 29.6 Å². The van der Waals surface area contributed by atoms with Gasteiger partial charge in [0.05, 0.1) is 12.2 Å². The first-order valence-electron chi connectivity index (χ1n) is 7.25. The Morgan fingerprint density at radius 1 is 1.20 bits per heavy atom. The molecular formula is C17H22ClFO. The van der Waals surface area contributed by atoms with Crippen molar-refractivity contribution in [1.82, 2.24) is 0 Å². The number of unbranched alkanes of at least 4 members (excludes halogenated alkanes) is 4. The molecule has 0 saturated carbocycles. The van der Waals surface area contributed by atoms with Crippen molar-refractivity contribution in [2.75, 3.05) is 12.5 Å². The molecule has 1 rings (SSSR count). The lowest BCUT2D eigenvalue weighted by Crippen LogP contribution is -1.99. The molecule has 0 radical (unpaired) electrons. The fourth-order valence-electron chi connectivity index (χ4n) is 1.82. The third-order valence-electron chi connectivity index (χ3n) is 2.89. The van der Waals surface area contributed by atoms with Gasteiger partial charge in [0.2, 0.25) is 0 Å². The summed E-state index contributed by atoms with van der Waals surface area (Å²) in [7, 11) is 0. The molecular weight excluding hydrogens is 275 g/mol. The topological polar surface area (TPSA) is 9.23 Å². The molecule has 20 heavy (non-hydrogen) atoms. The third-order valence-corrected chi connectivity index (χ3v) is 3.08. The molecule has 0 heterocycles. The maximum Gasteiger partial charge on any atom is 0.135 e. The Balaban J connectivity index is 2.50. The quantitative estimate of drug-likeness (QED) is 0.366. The molecule has 3 heteroatoms. The summed E-state index contributed by atoms with van der Waals surface area (Å²) >= 11 is 5.58. The molecule has 0 aromatic heterocycles. The highest BCUT2D eigenvalue weighted by Gasteiger charge is 2.03. The smallest absolute Gasteiger partial charge is 0.135 e. The predicted molar refractivity (Wildman–Crippen MR) is 82.9 cm³/mol. The van der Waals surface area contributed by atoms with E-state index < -0.39 is 0 Å². The first-order valence-corrected chi connectivity index (χ1v) is 7.78. The first kappa shape index (κ1) is 16.9. The van der Waals surface area contributed by atoms with Gasteiger partial charge in [-0.05, 0) is 24.6 Å². The third kappa shape index (κ3) is 6.82. The van der Waals surface area contributed by atoms with E-state index in [1.165, 1.54) is 37.8 Å². The van der Waals surface area contributed by atoms with E-state index in [9.17, 15) is 4.39 Å². The van der Waals surface area contributed by atoms with Gasteiger partial charge in [0, 0.05) is 12.3 Å². The molecule has 0 saturated heterocycles. The molecule has 0 aliphatic carbocycles. The summed E-state index contributed by atoms with van der Waals surface area (Å²) < 4.78 is 18.9. The first-order chi connectivity index (χ1) is 9.77. The molecule has 110 valence electrons. The standard InChI is InChI=1S/C17H22ClFO/c1-2-3-4-5-8-13-20-17-11-10-16(19)14-15(17)9-6-7-12-18/h10-11,14H,2-5,7-8,12-13H2,1H3. The van der Waals surface area contributed by atoms with Crippen molar-refractivity contribution < 1.29 is 9.13 Å². The Morgan fingerprint density at radius 2 is 2.00 bits per heavy atom. The van der Waals surface area contributed by atoms with Crippen LogP contribution in [0.5, 0.6) is 5.75 Å². The molecule has 0 unspecified atom stereocenters. The van der Waals surface area contributed by atoms with Crippen molar-refractivity contribution in [3.63, 3.8) is 0 Å². The summed E-state index contributed by atoms with van der Waals surface area (Å²) in [5, 5.41) is 0. The Labute approximate surface area is 126 Å². The fourth-order valence-corrected chi connectivity index (χ4v) is 1.91. The monoisotopic (exact) mass is 296 g/mol. The van der Waals surface area contributed by atoms with Gasteiger partial charge in [0.15, 0.2) is 0 Å².